The van der Waals surface area contributed by atoms with Gasteiger partial charge in [0.2, 0.25) is 0 Å². The van der Waals surface area contributed by atoms with Gasteiger partial charge in [0, 0.05) is 25.2 Å². The molecule has 5 nitrogen and oxygen atoms in total. The second-order valence-corrected chi connectivity index (χ2v) is 5.51. The van der Waals surface area contributed by atoms with Crippen molar-refractivity contribution in [2.75, 3.05) is 18.6 Å². The largest absolute Gasteiger partial charge is 0.467 e. The number of ether oxygens (including phenoxy) is 1. The van der Waals surface area contributed by atoms with Crippen LogP contribution in [0.5, 0.6) is 6.01 Å². The van der Waals surface area contributed by atoms with Crippen molar-refractivity contribution in [1.82, 2.24) is 15.3 Å². The van der Waals surface area contributed by atoms with Gasteiger partial charge in [-0.25, -0.2) is 0 Å². The molecule has 1 aromatic carbocycles. The molecular weight excluding hydrogens is 264 g/mol. The first-order valence-electron chi connectivity index (χ1n) is 7.31. The molecule has 5 heteroatoms. The Kier molecular flexibility index (Phi) is 3.00. The summed E-state index contributed by atoms with van der Waals surface area (Å²) in [4.78, 5) is 11.5. The molecule has 2 aliphatic rings. The van der Waals surface area contributed by atoms with Crippen molar-refractivity contribution < 1.29 is 4.74 Å². The Balaban J connectivity index is 1.75. The third-order valence-corrected chi connectivity index (χ3v) is 4.22. The number of benzene rings is 1. The van der Waals surface area contributed by atoms with Gasteiger partial charge in [0.15, 0.2) is 0 Å². The van der Waals surface area contributed by atoms with Crippen molar-refractivity contribution in [1.29, 1.82) is 0 Å². The Hall–Kier alpha value is -2.14. The average molecular weight is 282 g/mol. The summed E-state index contributed by atoms with van der Waals surface area (Å²) in [7, 11) is 1.63. The van der Waals surface area contributed by atoms with Gasteiger partial charge in [-0.1, -0.05) is 24.3 Å². The lowest BCUT2D eigenvalue weighted by atomic mass is 10.1. The molecule has 0 atom stereocenters. The van der Waals surface area contributed by atoms with E-state index in [0.29, 0.717) is 6.01 Å². The Morgan fingerprint density at radius 1 is 1.14 bits per heavy atom. The molecule has 4 rings (SSSR count). The molecule has 21 heavy (non-hydrogen) atoms. The molecule has 0 fully saturated rings. The Morgan fingerprint density at radius 2 is 1.90 bits per heavy atom. The summed E-state index contributed by atoms with van der Waals surface area (Å²) >= 11 is 0. The molecule has 0 radical (unpaired) electrons. The lowest BCUT2D eigenvalue weighted by Gasteiger charge is -2.25. The number of hydrogen-bond acceptors (Lipinski definition) is 5. The standard InChI is InChI=1S/C16H18N4O/c1-21-16-18-14-8-17-7-6-13(14)15(19-16)20-9-11-4-2-3-5-12(11)10-20/h2-5,17H,6-10H2,1H3. The molecule has 108 valence electrons. The summed E-state index contributed by atoms with van der Waals surface area (Å²) in [5.74, 6) is 1.04. The molecule has 1 N–H and O–H groups in total. The highest BCUT2D eigenvalue weighted by Crippen LogP contribution is 2.32. The smallest absolute Gasteiger partial charge is 0.318 e. The maximum Gasteiger partial charge on any atom is 0.318 e. The van der Waals surface area contributed by atoms with E-state index in [1.807, 2.05) is 0 Å². The van der Waals surface area contributed by atoms with Gasteiger partial charge in [-0.2, -0.15) is 9.97 Å². The SMILES string of the molecule is COc1nc2c(c(N3Cc4ccccc4C3)n1)CCNC2. The molecule has 0 saturated heterocycles. The van der Waals surface area contributed by atoms with Crippen LogP contribution in [0.15, 0.2) is 24.3 Å². The number of anilines is 1. The van der Waals surface area contributed by atoms with Gasteiger partial charge in [0.25, 0.3) is 0 Å². The fourth-order valence-corrected chi connectivity index (χ4v) is 3.15. The fraction of sp³-hybridized carbons (Fsp3) is 0.375. The van der Waals surface area contributed by atoms with Crippen molar-refractivity contribution in [3.63, 3.8) is 0 Å². The predicted molar refractivity (Wildman–Crippen MR) is 80.3 cm³/mol. The molecule has 1 aromatic heterocycles. The van der Waals surface area contributed by atoms with Gasteiger partial charge in [-0.3, -0.25) is 0 Å². The quantitative estimate of drug-likeness (QED) is 0.907. The van der Waals surface area contributed by atoms with Gasteiger partial charge in [-0.15, -0.1) is 0 Å². The van der Waals surface area contributed by atoms with E-state index in [0.717, 1.165) is 44.1 Å². The molecule has 3 heterocycles. The number of nitrogens with zero attached hydrogens (tertiary/aromatic N) is 3. The highest BCUT2D eigenvalue weighted by Gasteiger charge is 2.26. The molecule has 2 aromatic rings. The zero-order chi connectivity index (χ0) is 14.2. The van der Waals surface area contributed by atoms with E-state index in [1.54, 1.807) is 7.11 Å². The minimum Gasteiger partial charge on any atom is -0.467 e. The minimum atomic E-state index is 0.461. The normalized spacial score (nSPS) is 16.5. The molecular formula is C16H18N4O. The van der Waals surface area contributed by atoms with Gasteiger partial charge in [-0.05, 0) is 24.1 Å². The first-order chi connectivity index (χ1) is 10.3. The van der Waals surface area contributed by atoms with Gasteiger partial charge in [0.05, 0.1) is 12.8 Å². The Morgan fingerprint density at radius 3 is 2.62 bits per heavy atom. The summed E-state index contributed by atoms with van der Waals surface area (Å²) in [6.07, 6.45) is 0.974. The van der Waals surface area contributed by atoms with E-state index in [2.05, 4.69) is 44.5 Å². The number of fused-ring (bicyclic) bond motifs is 2. The average Bonchev–Trinajstić information content (AvgIpc) is 2.97. The summed E-state index contributed by atoms with van der Waals surface area (Å²) in [5.41, 5.74) is 5.11. The first kappa shape index (κ1) is 12.6. The van der Waals surface area contributed by atoms with Gasteiger partial charge < -0.3 is 15.0 Å². The van der Waals surface area contributed by atoms with Crippen LogP contribution in [0, 0.1) is 0 Å². The van der Waals surface area contributed by atoms with Crippen LogP contribution >= 0.6 is 0 Å². The zero-order valence-corrected chi connectivity index (χ0v) is 12.1. The van der Waals surface area contributed by atoms with Crippen LogP contribution in [-0.2, 0) is 26.1 Å². The van der Waals surface area contributed by atoms with Crippen molar-refractivity contribution in [3.8, 4) is 6.01 Å². The highest BCUT2D eigenvalue weighted by molar-refractivity contribution is 5.54. The summed E-state index contributed by atoms with van der Waals surface area (Å²) < 4.78 is 5.28. The molecule has 0 amide bonds. The number of nitrogens with one attached hydrogen (secondary N) is 1. The second-order valence-electron chi connectivity index (χ2n) is 5.51. The van der Waals surface area contributed by atoms with E-state index in [4.69, 9.17) is 4.74 Å². The lowest BCUT2D eigenvalue weighted by Crippen LogP contribution is -2.28. The molecule has 0 bridgehead atoms. The van der Waals surface area contributed by atoms with E-state index < -0.39 is 0 Å². The van der Waals surface area contributed by atoms with Crippen molar-refractivity contribution in [2.45, 2.75) is 26.1 Å². The van der Waals surface area contributed by atoms with Crippen molar-refractivity contribution in [2.24, 2.45) is 0 Å². The number of hydrogen-bond donors (Lipinski definition) is 1. The van der Waals surface area contributed by atoms with Crippen LogP contribution in [0.25, 0.3) is 0 Å². The molecule has 0 spiro atoms. The number of rotatable bonds is 2. The van der Waals surface area contributed by atoms with Crippen LogP contribution < -0.4 is 15.0 Å². The first-order valence-corrected chi connectivity index (χ1v) is 7.31. The van der Waals surface area contributed by atoms with Crippen molar-refractivity contribution >= 4 is 5.82 Å². The number of aromatic nitrogens is 2. The summed E-state index contributed by atoms with van der Waals surface area (Å²) in [6, 6.07) is 9.05. The van der Waals surface area contributed by atoms with Gasteiger partial charge >= 0.3 is 6.01 Å². The van der Waals surface area contributed by atoms with E-state index in [-0.39, 0.29) is 0 Å². The predicted octanol–water partition coefficient (Wildman–Crippen LogP) is 1.65. The lowest BCUT2D eigenvalue weighted by molar-refractivity contribution is 0.375. The second kappa shape index (κ2) is 5.00. The third kappa shape index (κ3) is 2.14. The Bertz CT molecular complexity index is 661. The topological polar surface area (TPSA) is 50.3 Å². The molecule has 0 saturated carbocycles. The monoisotopic (exact) mass is 282 g/mol. The van der Waals surface area contributed by atoms with Crippen molar-refractivity contribution in [3.05, 3.63) is 46.6 Å². The van der Waals surface area contributed by atoms with Crippen LogP contribution in [0.4, 0.5) is 5.82 Å². The molecule has 2 aliphatic heterocycles. The van der Waals surface area contributed by atoms with Crippen LogP contribution in [0.2, 0.25) is 0 Å². The highest BCUT2D eigenvalue weighted by atomic mass is 16.5. The minimum absolute atomic E-state index is 0.461. The zero-order valence-electron chi connectivity index (χ0n) is 12.1. The summed E-state index contributed by atoms with van der Waals surface area (Å²) in [6.45, 7) is 3.60. The van der Waals surface area contributed by atoms with Crippen LogP contribution in [0.1, 0.15) is 22.4 Å². The fourth-order valence-electron chi connectivity index (χ4n) is 3.15. The maximum atomic E-state index is 5.28. The van der Waals surface area contributed by atoms with Crippen LogP contribution in [-0.4, -0.2) is 23.6 Å². The summed E-state index contributed by atoms with van der Waals surface area (Å²) in [5, 5.41) is 3.36. The Labute approximate surface area is 124 Å². The van der Waals surface area contributed by atoms with E-state index >= 15 is 0 Å². The molecule has 0 aliphatic carbocycles. The maximum absolute atomic E-state index is 5.28. The molecule has 0 unspecified atom stereocenters. The number of methoxy groups -OCH3 is 1. The van der Waals surface area contributed by atoms with E-state index in [9.17, 15) is 0 Å². The van der Waals surface area contributed by atoms with E-state index in [1.165, 1.54) is 16.7 Å². The third-order valence-electron chi connectivity index (χ3n) is 4.22. The van der Waals surface area contributed by atoms with Crippen LogP contribution in [0.3, 0.4) is 0 Å². The van der Waals surface area contributed by atoms with Gasteiger partial charge in [0.1, 0.15) is 5.82 Å².